The maximum atomic E-state index is 12.2. The first-order valence-electron chi connectivity index (χ1n) is 6.48. The molecule has 1 amide bonds. The van der Waals surface area contributed by atoms with E-state index in [9.17, 15) is 14.9 Å². The van der Waals surface area contributed by atoms with Crippen molar-refractivity contribution in [2.45, 2.75) is 26.3 Å². The van der Waals surface area contributed by atoms with E-state index in [1.807, 2.05) is 13.8 Å². The average molecular weight is 352 g/mol. The normalized spacial score (nSPS) is 15.1. The Hall–Kier alpha value is -1.64. The number of anilines is 1. The van der Waals surface area contributed by atoms with Crippen LogP contribution in [0.3, 0.4) is 0 Å². The molecule has 1 aliphatic rings. The first-order valence-corrected chi connectivity index (χ1v) is 9.04. The van der Waals surface area contributed by atoms with Crippen molar-refractivity contribution in [2.75, 3.05) is 4.90 Å². The maximum absolute atomic E-state index is 12.2. The highest BCUT2D eigenvalue weighted by atomic mass is 32.9. The summed E-state index contributed by atoms with van der Waals surface area (Å²) in [6.07, 6.45) is 0. The lowest BCUT2D eigenvalue weighted by atomic mass is 9.87. The zero-order chi connectivity index (χ0) is 16.2. The predicted molar refractivity (Wildman–Crippen MR) is 91.3 cm³/mol. The lowest BCUT2D eigenvalue weighted by molar-refractivity contribution is -0.384. The van der Waals surface area contributed by atoms with Crippen LogP contribution in [0, 0.1) is 13.9 Å². The topological polar surface area (TPSA) is 63.5 Å². The summed E-state index contributed by atoms with van der Waals surface area (Å²) in [7, 11) is 2.99. The fraction of sp³-hybridized carbons (Fsp3) is 0.286. The molecule has 0 aliphatic carbocycles. The Balaban J connectivity index is 2.41. The van der Waals surface area contributed by atoms with Crippen LogP contribution in [0.4, 0.5) is 11.4 Å². The molecule has 0 bridgehead atoms. The van der Waals surface area contributed by atoms with E-state index in [0.717, 1.165) is 10.4 Å². The molecule has 0 spiro atoms. The van der Waals surface area contributed by atoms with E-state index in [0.29, 0.717) is 15.1 Å². The summed E-state index contributed by atoms with van der Waals surface area (Å²) in [6, 6.07) is 4.57. The highest BCUT2D eigenvalue weighted by molar-refractivity contribution is 7.80. The lowest BCUT2D eigenvalue weighted by Crippen LogP contribution is -2.46. The first-order chi connectivity index (χ1) is 10.2. The third kappa shape index (κ3) is 2.02. The van der Waals surface area contributed by atoms with Crippen molar-refractivity contribution in [3.05, 3.63) is 37.0 Å². The molecule has 5 nitrogen and oxygen atoms in total. The summed E-state index contributed by atoms with van der Waals surface area (Å²) in [5.74, 6) is -0.102. The van der Waals surface area contributed by atoms with E-state index >= 15 is 0 Å². The summed E-state index contributed by atoms with van der Waals surface area (Å²) in [4.78, 5) is 25.5. The molecule has 1 aromatic carbocycles. The summed E-state index contributed by atoms with van der Waals surface area (Å²) < 4.78 is 0.707. The number of non-ortho nitro benzene ring substituents is 1. The zero-order valence-electron chi connectivity index (χ0n) is 12.1. The molecule has 0 radical (unpaired) electrons. The van der Waals surface area contributed by atoms with Crippen molar-refractivity contribution in [3.8, 4) is 11.1 Å². The van der Waals surface area contributed by atoms with Crippen molar-refractivity contribution >= 4 is 50.2 Å². The van der Waals surface area contributed by atoms with Gasteiger partial charge in [0.25, 0.3) is 5.69 Å². The molecule has 0 fully saturated rings. The van der Waals surface area contributed by atoms with E-state index in [1.165, 1.54) is 39.7 Å². The van der Waals surface area contributed by atoms with Gasteiger partial charge in [-0.05, 0) is 19.9 Å². The van der Waals surface area contributed by atoms with Crippen LogP contribution in [-0.2, 0) is 10.3 Å². The SMILES string of the molecule is CC(=O)N1c2ccc([N+](=O)[O-])cc2-c2c(ssc2=S)C1(C)C. The summed E-state index contributed by atoms with van der Waals surface area (Å²) in [6.45, 7) is 5.44. The number of rotatable bonds is 1. The van der Waals surface area contributed by atoms with Gasteiger partial charge in [-0.25, -0.2) is 0 Å². The van der Waals surface area contributed by atoms with Gasteiger partial charge in [-0.15, -0.1) is 0 Å². The van der Waals surface area contributed by atoms with Crippen LogP contribution in [0.1, 0.15) is 25.6 Å². The second-order valence-corrected chi connectivity index (χ2v) is 8.35. The molecule has 0 saturated heterocycles. The molecule has 0 unspecified atom stereocenters. The third-order valence-electron chi connectivity index (χ3n) is 3.76. The molecular weight excluding hydrogens is 340 g/mol. The van der Waals surface area contributed by atoms with Crippen molar-refractivity contribution < 1.29 is 9.72 Å². The Morgan fingerprint density at radius 3 is 2.64 bits per heavy atom. The molecule has 2 aromatic rings. The quantitative estimate of drug-likeness (QED) is 0.322. The van der Waals surface area contributed by atoms with Crippen LogP contribution >= 0.6 is 32.9 Å². The second kappa shape index (κ2) is 4.94. The van der Waals surface area contributed by atoms with E-state index in [-0.39, 0.29) is 11.6 Å². The Bertz CT molecular complexity index is 866. The molecule has 0 atom stereocenters. The smallest absolute Gasteiger partial charge is 0.270 e. The minimum atomic E-state index is -0.525. The maximum Gasteiger partial charge on any atom is 0.270 e. The highest BCUT2D eigenvalue weighted by Crippen LogP contribution is 2.52. The molecule has 22 heavy (non-hydrogen) atoms. The van der Waals surface area contributed by atoms with Gasteiger partial charge in [0.05, 0.1) is 21.0 Å². The Morgan fingerprint density at radius 1 is 1.36 bits per heavy atom. The summed E-state index contributed by atoms with van der Waals surface area (Å²) in [5.41, 5.74) is 1.67. The van der Waals surface area contributed by atoms with Crippen LogP contribution in [0.5, 0.6) is 0 Å². The first kappa shape index (κ1) is 15.3. The van der Waals surface area contributed by atoms with Gasteiger partial charge in [-0.1, -0.05) is 32.9 Å². The number of hydrogen-bond acceptors (Lipinski definition) is 6. The molecule has 0 N–H and O–H groups in total. The van der Waals surface area contributed by atoms with Crippen LogP contribution in [0.15, 0.2) is 18.2 Å². The van der Waals surface area contributed by atoms with Gasteiger partial charge in [0.1, 0.15) is 3.82 Å². The van der Waals surface area contributed by atoms with Gasteiger partial charge in [-0.3, -0.25) is 14.9 Å². The number of carbonyl (C=O) groups excluding carboxylic acids is 1. The van der Waals surface area contributed by atoms with E-state index in [1.54, 1.807) is 11.0 Å². The number of nitro benzene ring substituents is 1. The minimum absolute atomic E-state index is 0.00138. The second-order valence-electron chi connectivity index (χ2n) is 5.53. The van der Waals surface area contributed by atoms with Crippen LogP contribution in [0.25, 0.3) is 11.1 Å². The Labute approximate surface area is 139 Å². The van der Waals surface area contributed by atoms with Crippen molar-refractivity contribution in [3.63, 3.8) is 0 Å². The summed E-state index contributed by atoms with van der Waals surface area (Å²) in [5, 5.41) is 11.1. The number of nitrogens with zero attached hydrogens (tertiary/aromatic N) is 2. The molecule has 2 heterocycles. The van der Waals surface area contributed by atoms with Crippen molar-refractivity contribution in [1.29, 1.82) is 0 Å². The van der Waals surface area contributed by atoms with Gasteiger partial charge in [-0.2, -0.15) is 0 Å². The fourth-order valence-corrected chi connectivity index (χ4v) is 6.18. The number of carbonyl (C=O) groups is 1. The minimum Gasteiger partial charge on any atom is -0.301 e. The number of hydrogen-bond donors (Lipinski definition) is 0. The lowest BCUT2D eigenvalue weighted by Gasteiger charge is -2.42. The van der Waals surface area contributed by atoms with E-state index in [4.69, 9.17) is 12.2 Å². The average Bonchev–Trinajstić information content (AvgIpc) is 2.81. The largest absolute Gasteiger partial charge is 0.301 e. The number of benzene rings is 1. The molecular formula is C14H12N2O3S3. The molecule has 0 saturated carbocycles. The van der Waals surface area contributed by atoms with Gasteiger partial charge in [0.15, 0.2) is 0 Å². The molecule has 114 valence electrons. The van der Waals surface area contributed by atoms with Crippen LogP contribution < -0.4 is 4.90 Å². The molecule has 8 heteroatoms. The van der Waals surface area contributed by atoms with Crippen molar-refractivity contribution in [1.82, 2.24) is 0 Å². The van der Waals surface area contributed by atoms with Gasteiger partial charge < -0.3 is 4.90 Å². The Morgan fingerprint density at radius 2 is 2.05 bits per heavy atom. The van der Waals surface area contributed by atoms with E-state index < -0.39 is 10.5 Å². The number of nitro groups is 1. The monoisotopic (exact) mass is 352 g/mol. The Kier molecular flexibility index (Phi) is 3.42. The number of amides is 1. The van der Waals surface area contributed by atoms with Gasteiger partial charge >= 0.3 is 0 Å². The fourth-order valence-electron chi connectivity index (χ4n) is 2.89. The van der Waals surface area contributed by atoms with Crippen LogP contribution in [-0.4, -0.2) is 10.8 Å². The molecule has 1 aromatic heterocycles. The number of fused-ring (bicyclic) bond motifs is 3. The van der Waals surface area contributed by atoms with Gasteiger partial charge in [0.2, 0.25) is 5.91 Å². The third-order valence-corrected chi connectivity index (χ3v) is 7.09. The van der Waals surface area contributed by atoms with Crippen molar-refractivity contribution in [2.24, 2.45) is 0 Å². The molecule has 3 rings (SSSR count). The highest BCUT2D eigenvalue weighted by Gasteiger charge is 2.42. The zero-order valence-corrected chi connectivity index (χ0v) is 14.5. The summed E-state index contributed by atoms with van der Waals surface area (Å²) >= 11 is 5.42. The van der Waals surface area contributed by atoms with Gasteiger partial charge in [0, 0.05) is 30.2 Å². The van der Waals surface area contributed by atoms with Crippen LogP contribution in [0.2, 0.25) is 0 Å². The standard InChI is InChI=1S/C14H12N2O3S3/c1-7(17)15-10-5-4-8(16(18)19)6-9(10)11-12(14(15,2)3)21-22-13(11)20/h4-6H,1-3H3. The van der Waals surface area contributed by atoms with E-state index in [2.05, 4.69) is 0 Å². The predicted octanol–water partition coefficient (Wildman–Crippen LogP) is 4.72. The molecule has 1 aliphatic heterocycles.